The number of hydrogen-bond acceptors (Lipinski definition) is 5. The first-order chi connectivity index (χ1) is 11.6. The maximum absolute atomic E-state index is 11.9. The van der Waals surface area contributed by atoms with Crippen LogP contribution in [0.5, 0.6) is 0 Å². The molecule has 0 N–H and O–H groups in total. The molecule has 0 saturated carbocycles. The van der Waals surface area contributed by atoms with Gasteiger partial charge in [-0.3, -0.25) is 19.8 Å². The van der Waals surface area contributed by atoms with Crippen molar-refractivity contribution in [3.63, 3.8) is 0 Å². The van der Waals surface area contributed by atoms with Crippen LogP contribution in [0.2, 0.25) is 0 Å². The van der Waals surface area contributed by atoms with Gasteiger partial charge in [0.25, 0.3) is 11.2 Å². The van der Waals surface area contributed by atoms with E-state index < -0.39 is 4.92 Å². The van der Waals surface area contributed by atoms with E-state index in [2.05, 4.69) is 15.5 Å². The Kier molecular flexibility index (Phi) is 4.77. The average molecular weight is 332 g/mol. The lowest BCUT2D eigenvalue weighted by atomic mass is 10.1. The van der Waals surface area contributed by atoms with Gasteiger partial charge in [0.1, 0.15) is 0 Å². The predicted molar refractivity (Wildman–Crippen MR) is 87.9 cm³/mol. The lowest BCUT2D eigenvalue weighted by Gasteiger charge is -2.36. The summed E-state index contributed by atoms with van der Waals surface area (Å²) in [6, 6.07) is 6.65. The van der Waals surface area contributed by atoms with E-state index in [0.29, 0.717) is 26.3 Å². The SMILES string of the molecule is Cn1cccc1C1COCCN1CCn1cc([N+](=O)[O-])ccc1=O. The minimum absolute atomic E-state index is 0.0736. The fraction of sp³-hybridized carbons (Fsp3) is 0.438. The topological polar surface area (TPSA) is 82.5 Å². The van der Waals surface area contributed by atoms with Crippen LogP contribution in [0.3, 0.4) is 0 Å². The standard InChI is InChI=1S/C16H20N4O4/c1-17-6-2-3-14(17)15-12-24-10-9-18(15)7-8-19-11-13(20(22)23)4-5-16(19)21/h2-6,11,15H,7-10,12H2,1H3. The quantitative estimate of drug-likeness (QED) is 0.606. The van der Waals surface area contributed by atoms with Crippen molar-refractivity contribution >= 4 is 5.69 Å². The summed E-state index contributed by atoms with van der Waals surface area (Å²) in [5.74, 6) is 0. The van der Waals surface area contributed by atoms with Crippen LogP contribution in [0.25, 0.3) is 0 Å². The van der Waals surface area contributed by atoms with Gasteiger partial charge in [0.05, 0.1) is 30.4 Å². The molecule has 3 heterocycles. The van der Waals surface area contributed by atoms with Gasteiger partial charge in [0.2, 0.25) is 0 Å². The second kappa shape index (κ2) is 6.98. The number of nitro groups is 1. The number of morpholine rings is 1. The average Bonchev–Trinajstić information content (AvgIpc) is 3.00. The van der Waals surface area contributed by atoms with Crippen LogP contribution < -0.4 is 5.56 Å². The van der Waals surface area contributed by atoms with E-state index in [9.17, 15) is 14.9 Å². The monoisotopic (exact) mass is 332 g/mol. The van der Waals surface area contributed by atoms with Crippen LogP contribution in [0.1, 0.15) is 11.7 Å². The molecule has 1 fully saturated rings. The summed E-state index contributed by atoms with van der Waals surface area (Å²) in [7, 11) is 1.99. The summed E-state index contributed by atoms with van der Waals surface area (Å²) in [6.07, 6.45) is 3.30. The first-order valence-corrected chi connectivity index (χ1v) is 7.84. The van der Waals surface area contributed by atoms with Gasteiger partial charge in [-0.05, 0) is 12.1 Å². The number of aryl methyl sites for hydroxylation is 1. The Bertz CT molecular complexity index is 782. The molecule has 3 rings (SSSR count). The number of hydrogen-bond donors (Lipinski definition) is 0. The van der Waals surface area contributed by atoms with Crippen LogP contribution in [-0.4, -0.2) is 45.3 Å². The van der Waals surface area contributed by atoms with Crippen LogP contribution in [0.15, 0.2) is 41.5 Å². The van der Waals surface area contributed by atoms with Crippen molar-refractivity contribution in [3.05, 3.63) is 62.8 Å². The third-order valence-corrected chi connectivity index (χ3v) is 4.37. The van der Waals surface area contributed by atoms with Crippen molar-refractivity contribution in [2.75, 3.05) is 26.3 Å². The smallest absolute Gasteiger partial charge is 0.285 e. The number of aromatic nitrogens is 2. The molecule has 1 unspecified atom stereocenters. The summed E-state index contributed by atoms with van der Waals surface area (Å²) in [6.45, 7) is 3.04. The Morgan fingerprint density at radius 1 is 1.33 bits per heavy atom. The first-order valence-electron chi connectivity index (χ1n) is 7.84. The summed E-state index contributed by atoms with van der Waals surface area (Å²) in [5.41, 5.74) is 0.848. The molecular weight excluding hydrogens is 312 g/mol. The van der Waals surface area contributed by atoms with Crippen LogP contribution in [0, 0.1) is 10.1 Å². The maximum atomic E-state index is 11.9. The lowest BCUT2D eigenvalue weighted by Crippen LogP contribution is -2.42. The minimum atomic E-state index is -0.489. The van der Waals surface area contributed by atoms with Gasteiger partial charge < -0.3 is 13.9 Å². The Balaban J connectivity index is 1.75. The number of pyridine rings is 1. The maximum Gasteiger partial charge on any atom is 0.285 e. The van der Waals surface area contributed by atoms with Crippen molar-refractivity contribution in [2.24, 2.45) is 7.05 Å². The van der Waals surface area contributed by atoms with E-state index in [-0.39, 0.29) is 17.3 Å². The van der Waals surface area contributed by atoms with Gasteiger partial charge in [0.15, 0.2) is 0 Å². The minimum Gasteiger partial charge on any atom is -0.378 e. The second-order valence-electron chi connectivity index (χ2n) is 5.85. The number of rotatable bonds is 5. The molecule has 128 valence electrons. The fourth-order valence-corrected chi connectivity index (χ4v) is 3.04. The molecular formula is C16H20N4O4. The highest BCUT2D eigenvalue weighted by atomic mass is 16.6. The van der Waals surface area contributed by atoms with Crippen LogP contribution in [-0.2, 0) is 18.3 Å². The summed E-state index contributed by atoms with van der Waals surface area (Å²) < 4.78 is 9.06. The molecule has 8 heteroatoms. The predicted octanol–water partition coefficient (Wildman–Crippen LogP) is 1.17. The Labute approximate surface area is 139 Å². The van der Waals surface area contributed by atoms with E-state index in [0.717, 1.165) is 12.2 Å². The lowest BCUT2D eigenvalue weighted by molar-refractivity contribution is -0.385. The van der Waals surface area contributed by atoms with Crippen molar-refractivity contribution in [3.8, 4) is 0 Å². The van der Waals surface area contributed by atoms with Crippen molar-refractivity contribution in [2.45, 2.75) is 12.6 Å². The molecule has 0 aliphatic carbocycles. The third kappa shape index (κ3) is 3.39. The van der Waals surface area contributed by atoms with E-state index in [1.54, 1.807) is 0 Å². The van der Waals surface area contributed by atoms with Gasteiger partial charge in [-0.1, -0.05) is 0 Å². The molecule has 0 bridgehead atoms. The Hall–Kier alpha value is -2.45. The molecule has 24 heavy (non-hydrogen) atoms. The highest BCUT2D eigenvalue weighted by Gasteiger charge is 2.26. The zero-order valence-electron chi connectivity index (χ0n) is 13.5. The highest BCUT2D eigenvalue weighted by molar-refractivity contribution is 5.24. The third-order valence-electron chi connectivity index (χ3n) is 4.37. The number of ether oxygens (including phenoxy) is 1. The van der Waals surface area contributed by atoms with Gasteiger partial charge >= 0.3 is 0 Å². The molecule has 2 aromatic heterocycles. The molecule has 8 nitrogen and oxygen atoms in total. The van der Waals surface area contributed by atoms with E-state index >= 15 is 0 Å². The molecule has 1 aliphatic rings. The second-order valence-corrected chi connectivity index (χ2v) is 5.85. The van der Waals surface area contributed by atoms with Crippen LogP contribution in [0.4, 0.5) is 5.69 Å². The highest BCUT2D eigenvalue weighted by Crippen LogP contribution is 2.24. The van der Waals surface area contributed by atoms with Gasteiger partial charge in [-0.15, -0.1) is 0 Å². The normalized spacial score (nSPS) is 18.6. The molecule has 0 aromatic carbocycles. The summed E-state index contributed by atoms with van der Waals surface area (Å²) >= 11 is 0. The van der Waals surface area contributed by atoms with Crippen LogP contribution >= 0.6 is 0 Å². The van der Waals surface area contributed by atoms with E-state index in [1.807, 2.05) is 19.3 Å². The largest absolute Gasteiger partial charge is 0.378 e. The van der Waals surface area contributed by atoms with Crippen molar-refractivity contribution in [1.82, 2.24) is 14.0 Å². The van der Waals surface area contributed by atoms with Crippen molar-refractivity contribution < 1.29 is 9.66 Å². The van der Waals surface area contributed by atoms with E-state index in [1.165, 1.54) is 22.9 Å². The molecule has 2 aromatic rings. The zero-order valence-corrected chi connectivity index (χ0v) is 13.5. The molecule has 0 amide bonds. The molecule has 1 saturated heterocycles. The van der Waals surface area contributed by atoms with Gasteiger partial charge in [0, 0.05) is 50.7 Å². The Morgan fingerprint density at radius 2 is 2.17 bits per heavy atom. The van der Waals surface area contributed by atoms with Crippen molar-refractivity contribution in [1.29, 1.82) is 0 Å². The first kappa shape index (κ1) is 16.4. The molecule has 0 spiro atoms. The fourth-order valence-electron chi connectivity index (χ4n) is 3.04. The molecule has 1 aliphatic heterocycles. The van der Waals surface area contributed by atoms with Gasteiger partial charge in [-0.2, -0.15) is 0 Å². The number of nitrogens with zero attached hydrogens (tertiary/aromatic N) is 4. The van der Waals surface area contributed by atoms with E-state index in [4.69, 9.17) is 4.74 Å². The molecule has 0 radical (unpaired) electrons. The Morgan fingerprint density at radius 3 is 2.88 bits per heavy atom. The molecule has 1 atom stereocenters. The zero-order chi connectivity index (χ0) is 17.1. The summed E-state index contributed by atoms with van der Waals surface area (Å²) in [4.78, 5) is 24.6. The van der Waals surface area contributed by atoms with Gasteiger partial charge in [-0.25, -0.2) is 0 Å². The summed E-state index contributed by atoms with van der Waals surface area (Å²) in [5, 5.41) is 10.9.